The second-order valence-electron chi connectivity index (χ2n) is 7.06. The van der Waals surface area contributed by atoms with Crippen LogP contribution in [0.1, 0.15) is 28.1 Å². The van der Waals surface area contributed by atoms with Gasteiger partial charge in [0.1, 0.15) is 5.82 Å². The Kier molecular flexibility index (Phi) is 5.99. The first-order chi connectivity index (χ1) is 13.7. The zero-order valence-corrected chi connectivity index (χ0v) is 18.1. The number of rotatable bonds is 7. The summed E-state index contributed by atoms with van der Waals surface area (Å²) in [4.78, 5) is 0.268. The molecule has 2 aromatic heterocycles. The number of hydrogen-bond donors (Lipinski definition) is 2. The normalized spacial score (nSPS) is 11.6. The van der Waals surface area contributed by atoms with E-state index in [1.54, 1.807) is 22.9 Å². The highest BCUT2D eigenvalue weighted by Crippen LogP contribution is 2.16. The molecule has 9 heteroatoms. The van der Waals surface area contributed by atoms with Gasteiger partial charge in [-0.25, -0.2) is 17.8 Å². The van der Waals surface area contributed by atoms with E-state index in [0.717, 1.165) is 28.1 Å². The van der Waals surface area contributed by atoms with E-state index >= 15 is 0 Å². The summed E-state index contributed by atoms with van der Waals surface area (Å²) in [5.41, 5.74) is 5.12. The Labute approximate surface area is 171 Å². The lowest BCUT2D eigenvalue weighted by Gasteiger charge is -2.10. The van der Waals surface area contributed by atoms with E-state index in [-0.39, 0.29) is 11.4 Å². The third-order valence-electron chi connectivity index (χ3n) is 5.03. The Balaban J connectivity index is 1.56. The molecule has 0 saturated carbocycles. The number of hydrogen-bond acceptors (Lipinski definition) is 6. The van der Waals surface area contributed by atoms with Crippen LogP contribution in [0.4, 0.5) is 5.82 Å². The summed E-state index contributed by atoms with van der Waals surface area (Å²) in [5.74, 6) is 1.21. The third kappa shape index (κ3) is 4.63. The van der Waals surface area contributed by atoms with Crippen molar-refractivity contribution in [2.24, 2.45) is 0 Å². The standard InChI is InChI=1S/C20H26N6O2S/c1-13-6-7-18(12-14(13)2)29(27,28)22-11-10-21-19-8-9-20(24-23-19)26-17(5)15(3)16(4)25-26/h6-9,12,22H,10-11H2,1-5H3,(H,21,23). The lowest BCUT2D eigenvalue weighted by molar-refractivity contribution is 0.582. The molecule has 0 fully saturated rings. The average Bonchev–Trinajstić information content (AvgIpc) is 2.95. The number of anilines is 1. The summed E-state index contributed by atoms with van der Waals surface area (Å²) in [6.45, 7) is 10.4. The minimum absolute atomic E-state index is 0.231. The van der Waals surface area contributed by atoms with Crippen LogP contribution in [0.5, 0.6) is 0 Å². The van der Waals surface area contributed by atoms with Gasteiger partial charge < -0.3 is 5.32 Å². The molecule has 8 nitrogen and oxygen atoms in total. The predicted molar refractivity (Wildman–Crippen MR) is 113 cm³/mol. The van der Waals surface area contributed by atoms with E-state index < -0.39 is 10.0 Å². The van der Waals surface area contributed by atoms with Gasteiger partial charge in [0.2, 0.25) is 10.0 Å². The van der Waals surface area contributed by atoms with Crippen LogP contribution in [0, 0.1) is 34.6 Å². The lowest BCUT2D eigenvalue weighted by atomic mass is 10.1. The van der Waals surface area contributed by atoms with Gasteiger partial charge >= 0.3 is 0 Å². The first-order valence-corrected chi connectivity index (χ1v) is 10.8. The lowest BCUT2D eigenvalue weighted by Crippen LogP contribution is -2.29. The van der Waals surface area contributed by atoms with Crippen molar-refractivity contribution in [3.05, 3.63) is 58.4 Å². The maximum absolute atomic E-state index is 12.4. The Bertz CT molecular complexity index is 1120. The van der Waals surface area contributed by atoms with Gasteiger partial charge in [-0.05, 0) is 75.6 Å². The molecule has 29 heavy (non-hydrogen) atoms. The van der Waals surface area contributed by atoms with E-state index in [9.17, 15) is 8.42 Å². The van der Waals surface area contributed by atoms with Gasteiger partial charge in [0, 0.05) is 18.8 Å². The minimum Gasteiger partial charge on any atom is -0.367 e. The number of benzene rings is 1. The van der Waals surface area contributed by atoms with Gasteiger partial charge in [-0.1, -0.05) is 6.07 Å². The topological polar surface area (TPSA) is 102 Å². The molecule has 1 aromatic carbocycles. The van der Waals surface area contributed by atoms with Crippen molar-refractivity contribution in [1.82, 2.24) is 24.7 Å². The monoisotopic (exact) mass is 414 g/mol. The number of aryl methyl sites for hydroxylation is 3. The quantitative estimate of drug-likeness (QED) is 0.576. The van der Waals surface area contributed by atoms with E-state index in [4.69, 9.17) is 0 Å². The van der Waals surface area contributed by atoms with E-state index in [1.807, 2.05) is 46.8 Å². The average molecular weight is 415 g/mol. The molecular formula is C20H26N6O2S. The Morgan fingerprint density at radius 2 is 1.69 bits per heavy atom. The predicted octanol–water partition coefficient (Wildman–Crippen LogP) is 2.59. The van der Waals surface area contributed by atoms with Crippen molar-refractivity contribution in [2.75, 3.05) is 18.4 Å². The van der Waals surface area contributed by atoms with Crippen molar-refractivity contribution in [3.8, 4) is 5.82 Å². The zero-order chi connectivity index (χ0) is 21.2. The van der Waals surface area contributed by atoms with Crippen LogP contribution in [0.25, 0.3) is 5.82 Å². The summed E-state index contributed by atoms with van der Waals surface area (Å²) in [5, 5.41) is 15.9. The number of aromatic nitrogens is 4. The van der Waals surface area contributed by atoms with E-state index in [1.165, 1.54) is 0 Å². The fourth-order valence-electron chi connectivity index (χ4n) is 2.82. The summed E-state index contributed by atoms with van der Waals surface area (Å²) in [6, 6.07) is 8.72. The second-order valence-corrected chi connectivity index (χ2v) is 8.82. The Morgan fingerprint density at radius 1 is 0.931 bits per heavy atom. The highest BCUT2D eigenvalue weighted by Gasteiger charge is 2.14. The van der Waals surface area contributed by atoms with Crippen LogP contribution in [0.2, 0.25) is 0 Å². The van der Waals surface area contributed by atoms with E-state index in [0.29, 0.717) is 18.2 Å². The summed E-state index contributed by atoms with van der Waals surface area (Å²) in [7, 11) is -3.54. The smallest absolute Gasteiger partial charge is 0.240 e. The SMILES string of the molecule is Cc1ccc(S(=O)(=O)NCCNc2ccc(-n3nc(C)c(C)c3C)nn2)cc1C. The molecular weight excluding hydrogens is 388 g/mol. The Morgan fingerprint density at radius 3 is 2.28 bits per heavy atom. The molecule has 0 atom stereocenters. The van der Waals surface area contributed by atoms with Crippen molar-refractivity contribution in [3.63, 3.8) is 0 Å². The van der Waals surface area contributed by atoms with Gasteiger partial charge in [0.25, 0.3) is 0 Å². The van der Waals surface area contributed by atoms with Crippen LogP contribution < -0.4 is 10.0 Å². The van der Waals surface area contributed by atoms with Gasteiger partial charge in [-0.3, -0.25) is 0 Å². The first kappa shape index (κ1) is 20.9. The molecule has 0 aliphatic heterocycles. The summed E-state index contributed by atoms with van der Waals surface area (Å²) < 4.78 is 29.1. The van der Waals surface area contributed by atoms with Gasteiger partial charge in [0.15, 0.2) is 5.82 Å². The van der Waals surface area contributed by atoms with Gasteiger partial charge in [0.05, 0.1) is 10.6 Å². The Hall–Kier alpha value is -2.78. The van der Waals surface area contributed by atoms with Crippen molar-refractivity contribution >= 4 is 15.8 Å². The van der Waals surface area contributed by atoms with Gasteiger partial charge in [-0.2, -0.15) is 5.10 Å². The fourth-order valence-corrected chi connectivity index (χ4v) is 3.93. The molecule has 0 saturated heterocycles. The number of nitrogens with zero attached hydrogens (tertiary/aromatic N) is 4. The van der Waals surface area contributed by atoms with Crippen LogP contribution in [0.15, 0.2) is 35.2 Å². The highest BCUT2D eigenvalue weighted by molar-refractivity contribution is 7.89. The molecule has 2 heterocycles. The fraction of sp³-hybridized carbons (Fsp3) is 0.350. The molecule has 0 radical (unpaired) electrons. The molecule has 2 N–H and O–H groups in total. The largest absolute Gasteiger partial charge is 0.367 e. The molecule has 0 amide bonds. The number of sulfonamides is 1. The second kappa shape index (κ2) is 8.30. The number of nitrogens with one attached hydrogen (secondary N) is 2. The van der Waals surface area contributed by atoms with Crippen molar-refractivity contribution < 1.29 is 8.42 Å². The minimum atomic E-state index is -3.54. The summed E-state index contributed by atoms with van der Waals surface area (Å²) in [6.07, 6.45) is 0. The molecule has 0 aliphatic carbocycles. The maximum Gasteiger partial charge on any atom is 0.240 e. The van der Waals surface area contributed by atoms with Crippen LogP contribution in [0.3, 0.4) is 0 Å². The van der Waals surface area contributed by atoms with Crippen LogP contribution in [-0.4, -0.2) is 41.5 Å². The highest BCUT2D eigenvalue weighted by atomic mass is 32.2. The third-order valence-corrected chi connectivity index (χ3v) is 6.49. The molecule has 0 unspecified atom stereocenters. The molecule has 3 rings (SSSR count). The molecule has 154 valence electrons. The molecule has 3 aromatic rings. The zero-order valence-electron chi connectivity index (χ0n) is 17.3. The van der Waals surface area contributed by atoms with Crippen molar-refractivity contribution in [2.45, 2.75) is 39.5 Å². The molecule has 0 spiro atoms. The molecule has 0 bridgehead atoms. The van der Waals surface area contributed by atoms with Crippen LogP contribution >= 0.6 is 0 Å². The maximum atomic E-state index is 12.4. The van der Waals surface area contributed by atoms with Gasteiger partial charge in [-0.15, -0.1) is 10.2 Å². The van der Waals surface area contributed by atoms with Crippen molar-refractivity contribution in [1.29, 1.82) is 0 Å². The van der Waals surface area contributed by atoms with Crippen LogP contribution in [-0.2, 0) is 10.0 Å². The van der Waals surface area contributed by atoms with E-state index in [2.05, 4.69) is 25.3 Å². The molecule has 0 aliphatic rings. The summed E-state index contributed by atoms with van der Waals surface area (Å²) >= 11 is 0. The first-order valence-electron chi connectivity index (χ1n) is 9.37.